The fourth-order valence-electron chi connectivity index (χ4n) is 1.54. The lowest BCUT2D eigenvalue weighted by Crippen LogP contribution is -2.14. The number of rotatable bonds is 4. The second-order valence-electron chi connectivity index (χ2n) is 4.20. The molecule has 0 fully saturated rings. The molecule has 1 heterocycles. The Morgan fingerprint density at radius 3 is 2.71 bits per heavy atom. The second kappa shape index (κ2) is 5.84. The lowest BCUT2D eigenvalue weighted by molar-refractivity contribution is 0.0437. The number of hydrogen-bond acceptors (Lipinski definition) is 6. The molecule has 0 aliphatic rings. The van der Waals surface area contributed by atoms with E-state index in [0.717, 1.165) is 6.07 Å². The van der Waals surface area contributed by atoms with Crippen molar-refractivity contribution >= 4 is 27.6 Å². The number of carbonyl (C=O) groups is 1. The van der Waals surface area contributed by atoms with Crippen molar-refractivity contribution in [2.24, 2.45) is 5.14 Å². The smallest absolute Gasteiger partial charge is 0.340 e. The van der Waals surface area contributed by atoms with E-state index in [1.807, 2.05) is 0 Å². The van der Waals surface area contributed by atoms with Crippen LogP contribution in [0.1, 0.15) is 21.8 Å². The van der Waals surface area contributed by atoms with Gasteiger partial charge in [-0.25, -0.2) is 18.4 Å². The topological polar surface area (TPSA) is 112 Å². The van der Waals surface area contributed by atoms with Gasteiger partial charge in [-0.2, -0.15) is 0 Å². The number of aromatic nitrogens is 1. The van der Waals surface area contributed by atoms with Crippen LogP contribution in [0.4, 0.5) is 0 Å². The molecule has 2 rings (SSSR count). The summed E-state index contributed by atoms with van der Waals surface area (Å²) >= 11 is 5.85. The van der Waals surface area contributed by atoms with Gasteiger partial charge >= 0.3 is 5.97 Å². The third-order valence-corrected chi connectivity index (χ3v) is 3.75. The fraction of sp³-hybridized carbons (Fsp3) is 0.167. The summed E-state index contributed by atoms with van der Waals surface area (Å²) in [6, 6.07) is 5.13. The number of sulfonamides is 1. The van der Waals surface area contributed by atoms with Crippen molar-refractivity contribution in [1.82, 2.24) is 5.16 Å². The SMILES string of the molecule is Cc1cc(COC(=O)c2cc(S(N)(=O)=O)ccc2Cl)on1. The van der Waals surface area contributed by atoms with E-state index in [9.17, 15) is 13.2 Å². The quantitative estimate of drug-likeness (QED) is 0.853. The van der Waals surface area contributed by atoms with Crippen LogP contribution in [0.5, 0.6) is 0 Å². The molecule has 112 valence electrons. The van der Waals surface area contributed by atoms with Crippen molar-refractivity contribution in [2.45, 2.75) is 18.4 Å². The molecule has 0 radical (unpaired) electrons. The van der Waals surface area contributed by atoms with Gasteiger partial charge in [-0.15, -0.1) is 0 Å². The molecule has 0 saturated carbocycles. The lowest BCUT2D eigenvalue weighted by Gasteiger charge is -2.06. The van der Waals surface area contributed by atoms with Gasteiger partial charge in [0.05, 0.1) is 21.2 Å². The zero-order chi connectivity index (χ0) is 15.6. The van der Waals surface area contributed by atoms with Gasteiger partial charge in [-0.05, 0) is 25.1 Å². The molecule has 7 nitrogen and oxygen atoms in total. The molecule has 21 heavy (non-hydrogen) atoms. The predicted molar refractivity (Wildman–Crippen MR) is 73.2 cm³/mol. The van der Waals surface area contributed by atoms with Gasteiger partial charge in [0, 0.05) is 6.07 Å². The molecule has 0 saturated heterocycles. The molecule has 0 atom stereocenters. The number of halogens is 1. The van der Waals surface area contributed by atoms with Gasteiger partial charge in [-0.1, -0.05) is 16.8 Å². The molecule has 1 aromatic heterocycles. The summed E-state index contributed by atoms with van der Waals surface area (Å²) in [5.74, 6) is -0.431. The van der Waals surface area contributed by atoms with Crippen LogP contribution in [-0.4, -0.2) is 19.5 Å². The highest BCUT2D eigenvalue weighted by atomic mass is 35.5. The second-order valence-corrected chi connectivity index (χ2v) is 6.17. The van der Waals surface area contributed by atoms with Crippen LogP contribution in [0, 0.1) is 6.92 Å². The first-order chi connectivity index (χ1) is 9.77. The van der Waals surface area contributed by atoms with E-state index >= 15 is 0 Å². The first kappa shape index (κ1) is 15.5. The largest absolute Gasteiger partial charge is 0.454 e. The van der Waals surface area contributed by atoms with Crippen LogP contribution in [0.3, 0.4) is 0 Å². The van der Waals surface area contributed by atoms with E-state index in [2.05, 4.69) is 5.16 Å². The first-order valence-electron chi connectivity index (χ1n) is 5.69. The van der Waals surface area contributed by atoms with Crippen molar-refractivity contribution in [3.8, 4) is 0 Å². The Bertz CT molecular complexity index is 785. The van der Waals surface area contributed by atoms with Gasteiger partial charge in [-0.3, -0.25) is 0 Å². The number of carbonyl (C=O) groups excluding carboxylic acids is 1. The van der Waals surface area contributed by atoms with Crippen LogP contribution in [0.25, 0.3) is 0 Å². The van der Waals surface area contributed by atoms with E-state index in [0.29, 0.717) is 11.5 Å². The molecule has 2 aromatic rings. The highest BCUT2D eigenvalue weighted by molar-refractivity contribution is 7.89. The van der Waals surface area contributed by atoms with Crippen LogP contribution in [-0.2, 0) is 21.4 Å². The van der Waals surface area contributed by atoms with Crippen LogP contribution in [0.2, 0.25) is 5.02 Å². The first-order valence-corrected chi connectivity index (χ1v) is 7.61. The van der Waals surface area contributed by atoms with Crippen molar-refractivity contribution in [2.75, 3.05) is 0 Å². The van der Waals surface area contributed by atoms with Crippen LogP contribution >= 0.6 is 11.6 Å². The average molecular weight is 331 g/mol. The predicted octanol–water partition coefficient (Wildman–Crippen LogP) is 1.64. The Balaban J connectivity index is 2.18. The zero-order valence-corrected chi connectivity index (χ0v) is 12.4. The third kappa shape index (κ3) is 3.81. The number of benzene rings is 1. The van der Waals surface area contributed by atoms with E-state index < -0.39 is 16.0 Å². The molecule has 0 bridgehead atoms. The summed E-state index contributed by atoms with van der Waals surface area (Å²) in [5.41, 5.74) is 0.551. The number of esters is 1. The van der Waals surface area contributed by atoms with Gasteiger partial charge in [0.1, 0.15) is 0 Å². The summed E-state index contributed by atoms with van der Waals surface area (Å²) in [7, 11) is -3.93. The minimum absolute atomic E-state index is 0.0566. The van der Waals surface area contributed by atoms with Gasteiger partial charge < -0.3 is 9.26 Å². The summed E-state index contributed by atoms with van der Waals surface area (Å²) in [6.45, 7) is 1.58. The average Bonchev–Trinajstić information content (AvgIpc) is 2.81. The summed E-state index contributed by atoms with van der Waals surface area (Å²) in [5, 5.41) is 8.70. The Hall–Kier alpha value is -1.90. The number of ether oxygens (including phenoxy) is 1. The summed E-state index contributed by atoms with van der Waals surface area (Å²) in [4.78, 5) is 11.7. The van der Waals surface area contributed by atoms with Crippen LogP contribution in [0.15, 0.2) is 33.7 Å². The molecule has 0 amide bonds. The Labute approximate surface area is 125 Å². The van der Waals surface area contributed by atoms with E-state index in [1.165, 1.54) is 12.1 Å². The normalized spacial score (nSPS) is 11.4. The maximum atomic E-state index is 11.9. The van der Waals surface area contributed by atoms with Gasteiger partial charge in [0.25, 0.3) is 0 Å². The standard InChI is InChI=1S/C12H11ClN2O5S/c1-7-4-8(20-15-7)6-19-12(16)10-5-9(21(14,17)18)2-3-11(10)13/h2-5H,6H2,1H3,(H2,14,17,18). The van der Waals surface area contributed by atoms with Crippen LogP contribution < -0.4 is 5.14 Å². The highest BCUT2D eigenvalue weighted by Crippen LogP contribution is 2.21. The fourth-order valence-corrected chi connectivity index (χ4v) is 2.27. The van der Waals surface area contributed by atoms with Crippen molar-refractivity contribution in [3.05, 3.63) is 46.3 Å². The monoisotopic (exact) mass is 330 g/mol. The van der Waals surface area contributed by atoms with Crippen molar-refractivity contribution in [3.63, 3.8) is 0 Å². The minimum Gasteiger partial charge on any atom is -0.454 e. The molecule has 0 aliphatic heterocycles. The Morgan fingerprint density at radius 2 is 2.14 bits per heavy atom. The van der Waals surface area contributed by atoms with E-state index in [4.69, 9.17) is 26.0 Å². The summed E-state index contributed by atoms with van der Waals surface area (Å²) < 4.78 is 32.4. The van der Waals surface area contributed by atoms with Crippen molar-refractivity contribution < 1.29 is 22.5 Å². The van der Waals surface area contributed by atoms with E-state index in [1.54, 1.807) is 13.0 Å². The molecule has 0 unspecified atom stereocenters. The zero-order valence-electron chi connectivity index (χ0n) is 10.9. The summed E-state index contributed by atoms with van der Waals surface area (Å²) in [6.07, 6.45) is 0. The number of primary sulfonamides is 1. The van der Waals surface area contributed by atoms with Gasteiger partial charge in [0.2, 0.25) is 10.0 Å². The van der Waals surface area contributed by atoms with Gasteiger partial charge in [0.15, 0.2) is 12.4 Å². The maximum absolute atomic E-state index is 11.9. The highest BCUT2D eigenvalue weighted by Gasteiger charge is 2.17. The molecular weight excluding hydrogens is 320 g/mol. The van der Waals surface area contributed by atoms with E-state index in [-0.39, 0.29) is 22.1 Å². The lowest BCUT2D eigenvalue weighted by atomic mass is 10.2. The molecule has 9 heteroatoms. The minimum atomic E-state index is -3.93. The number of nitrogens with zero attached hydrogens (tertiary/aromatic N) is 1. The molecule has 2 N–H and O–H groups in total. The Morgan fingerprint density at radius 1 is 1.43 bits per heavy atom. The molecular formula is C12H11ClN2O5S. The Kier molecular flexibility index (Phi) is 4.31. The number of nitrogens with two attached hydrogens (primary N) is 1. The molecule has 0 aliphatic carbocycles. The third-order valence-electron chi connectivity index (χ3n) is 2.51. The maximum Gasteiger partial charge on any atom is 0.340 e. The number of hydrogen-bond donors (Lipinski definition) is 1. The van der Waals surface area contributed by atoms with Crippen molar-refractivity contribution in [1.29, 1.82) is 0 Å². The molecule has 0 spiro atoms. The number of aryl methyl sites for hydroxylation is 1. The molecule has 1 aromatic carbocycles.